The van der Waals surface area contributed by atoms with E-state index in [1.54, 1.807) is 0 Å². The molecule has 1 unspecified atom stereocenters. The molecular weight excluding hydrogens is 306 g/mol. The van der Waals surface area contributed by atoms with Gasteiger partial charge in [-0.2, -0.15) is 0 Å². The number of thioether (sulfide) groups is 1. The molecule has 2 rings (SSSR count). The summed E-state index contributed by atoms with van der Waals surface area (Å²) in [6.45, 7) is 2.36. The van der Waals surface area contributed by atoms with Crippen LogP contribution < -0.4 is 5.73 Å². The maximum absolute atomic E-state index is 6.34. The van der Waals surface area contributed by atoms with Crippen molar-refractivity contribution < 1.29 is 0 Å². The second-order valence-electron chi connectivity index (χ2n) is 5.45. The highest BCUT2D eigenvalue weighted by atomic mass is 79.9. The zero-order valence-corrected chi connectivity index (χ0v) is 13.3. The molecule has 0 radical (unpaired) electrons. The molecule has 3 heteroatoms. The van der Waals surface area contributed by atoms with Gasteiger partial charge in [0.25, 0.3) is 0 Å². The molecule has 1 aliphatic carbocycles. The number of rotatable bonds is 4. The van der Waals surface area contributed by atoms with Crippen LogP contribution in [0.1, 0.15) is 32.6 Å². The van der Waals surface area contributed by atoms with Crippen LogP contribution in [0.2, 0.25) is 0 Å². The monoisotopic (exact) mass is 327 g/mol. The molecule has 0 saturated heterocycles. The Labute approximate surface area is 123 Å². The SMILES string of the molecule is CC1CCC(C(N)CSc2ccc(Br)cc2)CC1. The number of benzene rings is 1. The van der Waals surface area contributed by atoms with Gasteiger partial charge in [0.15, 0.2) is 0 Å². The number of halogens is 1. The Bertz CT molecular complexity index is 357. The van der Waals surface area contributed by atoms with Crippen LogP contribution in [-0.2, 0) is 0 Å². The summed E-state index contributed by atoms with van der Waals surface area (Å²) in [4.78, 5) is 1.32. The summed E-state index contributed by atoms with van der Waals surface area (Å²) in [6, 6.07) is 8.85. The Morgan fingerprint density at radius 3 is 2.44 bits per heavy atom. The van der Waals surface area contributed by atoms with Crippen molar-refractivity contribution in [3.05, 3.63) is 28.7 Å². The molecule has 0 aromatic heterocycles. The fraction of sp³-hybridized carbons (Fsp3) is 0.600. The summed E-state index contributed by atoms with van der Waals surface area (Å²) >= 11 is 5.35. The number of nitrogens with two attached hydrogens (primary N) is 1. The Morgan fingerprint density at radius 1 is 1.22 bits per heavy atom. The molecule has 0 heterocycles. The number of hydrogen-bond acceptors (Lipinski definition) is 2. The lowest BCUT2D eigenvalue weighted by Crippen LogP contribution is -2.34. The van der Waals surface area contributed by atoms with Gasteiger partial charge in [-0.15, -0.1) is 11.8 Å². The van der Waals surface area contributed by atoms with Crippen molar-refractivity contribution in [3.63, 3.8) is 0 Å². The van der Waals surface area contributed by atoms with E-state index in [9.17, 15) is 0 Å². The van der Waals surface area contributed by atoms with Gasteiger partial charge in [-0.3, -0.25) is 0 Å². The van der Waals surface area contributed by atoms with Crippen molar-refractivity contribution in [2.75, 3.05) is 5.75 Å². The highest BCUT2D eigenvalue weighted by Gasteiger charge is 2.23. The van der Waals surface area contributed by atoms with Gasteiger partial charge in [-0.25, -0.2) is 0 Å². The van der Waals surface area contributed by atoms with Crippen molar-refractivity contribution in [3.8, 4) is 0 Å². The molecule has 1 aromatic rings. The quantitative estimate of drug-likeness (QED) is 0.811. The van der Waals surface area contributed by atoms with Gasteiger partial charge in [0.2, 0.25) is 0 Å². The van der Waals surface area contributed by atoms with E-state index in [1.807, 2.05) is 11.8 Å². The largest absolute Gasteiger partial charge is 0.327 e. The predicted molar refractivity (Wildman–Crippen MR) is 84.0 cm³/mol. The summed E-state index contributed by atoms with van der Waals surface area (Å²) in [7, 11) is 0. The molecule has 1 fully saturated rings. The van der Waals surface area contributed by atoms with Crippen LogP contribution in [0.15, 0.2) is 33.6 Å². The van der Waals surface area contributed by atoms with Crippen molar-refractivity contribution in [2.45, 2.75) is 43.5 Å². The van der Waals surface area contributed by atoms with E-state index in [4.69, 9.17) is 5.73 Å². The minimum Gasteiger partial charge on any atom is -0.327 e. The Morgan fingerprint density at radius 2 is 1.83 bits per heavy atom. The lowest BCUT2D eigenvalue weighted by Gasteiger charge is -2.30. The average molecular weight is 328 g/mol. The first-order valence-corrected chi connectivity index (χ1v) is 8.57. The van der Waals surface area contributed by atoms with E-state index in [0.717, 1.165) is 22.1 Å². The van der Waals surface area contributed by atoms with E-state index >= 15 is 0 Å². The van der Waals surface area contributed by atoms with E-state index in [2.05, 4.69) is 47.1 Å². The molecule has 1 aromatic carbocycles. The smallest absolute Gasteiger partial charge is 0.0176 e. The molecule has 1 saturated carbocycles. The molecule has 1 nitrogen and oxygen atoms in total. The zero-order chi connectivity index (χ0) is 13.0. The van der Waals surface area contributed by atoms with Crippen molar-refractivity contribution in [1.82, 2.24) is 0 Å². The highest BCUT2D eigenvalue weighted by molar-refractivity contribution is 9.10. The first kappa shape index (κ1) is 14.4. The van der Waals surface area contributed by atoms with Crippen molar-refractivity contribution in [1.29, 1.82) is 0 Å². The van der Waals surface area contributed by atoms with E-state index < -0.39 is 0 Å². The molecule has 1 aliphatic rings. The fourth-order valence-corrected chi connectivity index (χ4v) is 3.82. The second kappa shape index (κ2) is 6.97. The normalized spacial score (nSPS) is 25.9. The Kier molecular flexibility index (Phi) is 5.58. The lowest BCUT2D eigenvalue weighted by molar-refractivity contribution is 0.264. The second-order valence-corrected chi connectivity index (χ2v) is 7.46. The van der Waals surface area contributed by atoms with Crippen LogP contribution in [0.25, 0.3) is 0 Å². The zero-order valence-electron chi connectivity index (χ0n) is 10.9. The Hall–Kier alpha value is 0.01000. The minimum atomic E-state index is 0.353. The fourth-order valence-electron chi connectivity index (χ4n) is 2.57. The maximum Gasteiger partial charge on any atom is 0.0176 e. The van der Waals surface area contributed by atoms with Gasteiger partial charge in [0.1, 0.15) is 0 Å². The summed E-state index contributed by atoms with van der Waals surface area (Å²) in [5.41, 5.74) is 6.34. The van der Waals surface area contributed by atoms with E-state index in [-0.39, 0.29) is 0 Å². The average Bonchev–Trinajstić information content (AvgIpc) is 2.38. The van der Waals surface area contributed by atoms with Gasteiger partial charge >= 0.3 is 0 Å². The maximum atomic E-state index is 6.34. The van der Waals surface area contributed by atoms with Crippen molar-refractivity contribution in [2.24, 2.45) is 17.6 Å². The predicted octanol–water partition coefficient (Wildman–Crippen LogP) is 4.69. The first-order chi connectivity index (χ1) is 8.65. The van der Waals surface area contributed by atoms with Crippen molar-refractivity contribution >= 4 is 27.7 Å². The molecule has 1 atom stereocenters. The standard InChI is InChI=1S/C15H22BrNS/c1-11-2-4-12(5-3-11)15(17)10-18-14-8-6-13(16)7-9-14/h6-9,11-12,15H,2-5,10,17H2,1H3. The third kappa shape index (κ3) is 4.29. The molecule has 0 spiro atoms. The van der Waals surface area contributed by atoms with Crippen LogP contribution in [0, 0.1) is 11.8 Å². The van der Waals surface area contributed by atoms with Gasteiger partial charge in [-0.05, 0) is 48.9 Å². The summed E-state index contributed by atoms with van der Waals surface area (Å²) in [6.07, 6.45) is 5.37. The molecule has 100 valence electrons. The molecule has 0 aliphatic heterocycles. The highest BCUT2D eigenvalue weighted by Crippen LogP contribution is 2.31. The number of hydrogen-bond donors (Lipinski definition) is 1. The van der Waals surface area contributed by atoms with Gasteiger partial charge in [0, 0.05) is 21.2 Å². The molecule has 0 amide bonds. The molecule has 2 N–H and O–H groups in total. The summed E-state index contributed by atoms with van der Waals surface area (Å²) < 4.78 is 1.14. The van der Waals surface area contributed by atoms with Crippen LogP contribution in [0.5, 0.6) is 0 Å². The van der Waals surface area contributed by atoms with Gasteiger partial charge < -0.3 is 5.73 Å². The van der Waals surface area contributed by atoms with Crippen LogP contribution in [0.4, 0.5) is 0 Å². The van der Waals surface area contributed by atoms with E-state index in [1.165, 1.54) is 30.6 Å². The van der Waals surface area contributed by atoms with Crippen LogP contribution in [-0.4, -0.2) is 11.8 Å². The first-order valence-electron chi connectivity index (χ1n) is 6.79. The molecule has 0 bridgehead atoms. The third-order valence-electron chi connectivity index (χ3n) is 3.92. The molecular formula is C15H22BrNS. The lowest BCUT2D eigenvalue weighted by atomic mass is 9.80. The summed E-state index contributed by atoms with van der Waals surface area (Å²) in [5, 5.41) is 0. The molecule has 18 heavy (non-hydrogen) atoms. The topological polar surface area (TPSA) is 26.0 Å². The third-order valence-corrected chi connectivity index (χ3v) is 5.61. The van der Waals surface area contributed by atoms with Crippen LogP contribution >= 0.6 is 27.7 Å². The van der Waals surface area contributed by atoms with Gasteiger partial charge in [-0.1, -0.05) is 35.7 Å². The summed E-state index contributed by atoms with van der Waals surface area (Å²) in [5.74, 6) is 2.69. The minimum absolute atomic E-state index is 0.353. The van der Waals surface area contributed by atoms with Crippen LogP contribution in [0.3, 0.4) is 0 Å². The Balaban J connectivity index is 1.77. The van der Waals surface area contributed by atoms with E-state index in [0.29, 0.717) is 6.04 Å². The van der Waals surface area contributed by atoms with Gasteiger partial charge in [0.05, 0.1) is 0 Å².